The van der Waals surface area contributed by atoms with Crippen LogP contribution < -0.4 is 10.1 Å². The molecule has 1 N–H and O–H groups in total. The van der Waals surface area contributed by atoms with Crippen LogP contribution in [0.2, 0.25) is 0 Å². The van der Waals surface area contributed by atoms with Crippen molar-refractivity contribution >= 4 is 5.69 Å². The highest BCUT2D eigenvalue weighted by atomic mass is 16.5. The minimum absolute atomic E-state index is 0.538. The minimum Gasteiger partial charge on any atom is -0.495 e. The normalized spacial score (nSPS) is 10.0. The van der Waals surface area contributed by atoms with Gasteiger partial charge in [0.2, 0.25) is 0 Å². The summed E-state index contributed by atoms with van der Waals surface area (Å²) in [4.78, 5) is 0. The Morgan fingerprint density at radius 1 is 1.42 bits per heavy atom. The SMILES string of the molecule is COc1cccc(C#N)c1NCc1c(C)noc1C. The summed E-state index contributed by atoms with van der Waals surface area (Å²) in [6.07, 6.45) is 0. The molecule has 98 valence electrons. The Balaban J connectivity index is 2.27. The molecule has 0 spiro atoms. The van der Waals surface area contributed by atoms with Crippen LogP contribution in [0.5, 0.6) is 5.75 Å². The van der Waals surface area contributed by atoms with Crippen molar-refractivity contribution in [2.45, 2.75) is 20.4 Å². The molecule has 0 unspecified atom stereocenters. The first-order valence-corrected chi connectivity index (χ1v) is 5.90. The lowest BCUT2D eigenvalue weighted by Gasteiger charge is -2.12. The third kappa shape index (κ3) is 2.52. The fourth-order valence-corrected chi connectivity index (χ4v) is 1.91. The van der Waals surface area contributed by atoms with Crippen molar-refractivity contribution in [3.63, 3.8) is 0 Å². The van der Waals surface area contributed by atoms with E-state index in [0.717, 1.165) is 17.0 Å². The van der Waals surface area contributed by atoms with Crippen molar-refractivity contribution < 1.29 is 9.26 Å². The van der Waals surface area contributed by atoms with Gasteiger partial charge in [0, 0.05) is 12.1 Å². The molecule has 0 amide bonds. The highest BCUT2D eigenvalue weighted by Crippen LogP contribution is 2.28. The summed E-state index contributed by atoms with van der Waals surface area (Å²) in [5.41, 5.74) is 3.08. The van der Waals surface area contributed by atoms with Gasteiger partial charge in [0.25, 0.3) is 0 Å². The number of nitriles is 1. The van der Waals surface area contributed by atoms with Gasteiger partial charge >= 0.3 is 0 Å². The summed E-state index contributed by atoms with van der Waals surface area (Å²) in [6.45, 7) is 4.29. The van der Waals surface area contributed by atoms with Crippen molar-refractivity contribution in [2.75, 3.05) is 12.4 Å². The molecule has 1 aromatic carbocycles. The van der Waals surface area contributed by atoms with Crippen LogP contribution in [0.25, 0.3) is 0 Å². The van der Waals surface area contributed by atoms with Gasteiger partial charge in [0.1, 0.15) is 17.6 Å². The second-order valence-electron chi connectivity index (χ2n) is 4.15. The molecule has 1 heterocycles. The molecule has 0 saturated carbocycles. The fourth-order valence-electron chi connectivity index (χ4n) is 1.91. The summed E-state index contributed by atoms with van der Waals surface area (Å²) in [7, 11) is 1.58. The van der Waals surface area contributed by atoms with Gasteiger partial charge in [-0.05, 0) is 26.0 Å². The third-order valence-electron chi connectivity index (χ3n) is 2.99. The molecule has 5 nitrogen and oxygen atoms in total. The van der Waals surface area contributed by atoms with Crippen molar-refractivity contribution in [1.29, 1.82) is 5.26 Å². The molecule has 0 atom stereocenters. The Labute approximate surface area is 111 Å². The Kier molecular flexibility index (Phi) is 3.71. The van der Waals surface area contributed by atoms with Crippen LogP contribution in [0.4, 0.5) is 5.69 Å². The van der Waals surface area contributed by atoms with Crippen molar-refractivity contribution in [2.24, 2.45) is 0 Å². The molecule has 19 heavy (non-hydrogen) atoms. The number of nitrogens with one attached hydrogen (secondary N) is 1. The van der Waals surface area contributed by atoms with Gasteiger partial charge in [0.15, 0.2) is 0 Å². The fraction of sp³-hybridized carbons (Fsp3) is 0.286. The highest BCUT2D eigenvalue weighted by Gasteiger charge is 2.12. The summed E-state index contributed by atoms with van der Waals surface area (Å²) >= 11 is 0. The third-order valence-corrected chi connectivity index (χ3v) is 2.99. The van der Waals surface area contributed by atoms with E-state index in [-0.39, 0.29) is 0 Å². The predicted molar refractivity (Wildman–Crippen MR) is 71.0 cm³/mol. The van der Waals surface area contributed by atoms with E-state index >= 15 is 0 Å². The number of methoxy groups -OCH3 is 1. The van der Waals surface area contributed by atoms with Gasteiger partial charge in [0.05, 0.1) is 24.1 Å². The van der Waals surface area contributed by atoms with Crippen molar-refractivity contribution in [3.8, 4) is 11.8 Å². The quantitative estimate of drug-likeness (QED) is 0.911. The molecule has 0 saturated heterocycles. The molecule has 0 aliphatic carbocycles. The van der Waals surface area contributed by atoms with Gasteiger partial charge in [-0.2, -0.15) is 5.26 Å². The average Bonchev–Trinajstić information content (AvgIpc) is 2.75. The highest BCUT2D eigenvalue weighted by molar-refractivity contribution is 5.66. The maximum absolute atomic E-state index is 9.13. The molecule has 0 fully saturated rings. The molecule has 5 heteroatoms. The van der Waals surface area contributed by atoms with Crippen molar-refractivity contribution in [1.82, 2.24) is 5.16 Å². The molecule has 1 aromatic heterocycles. The summed E-state index contributed by atoms with van der Waals surface area (Å²) < 4.78 is 10.4. The Bertz CT molecular complexity index is 607. The summed E-state index contributed by atoms with van der Waals surface area (Å²) in [5, 5.41) is 16.3. The van der Waals surface area contributed by atoms with Crippen LogP contribution in [0, 0.1) is 25.2 Å². The van der Waals surface area contributed by atoms with Crippen LogP contribution in [0.3, 0.4) is 0 Å². The molecular weight excluding hydrogens is 242 g/mol. The molecule has 0 radical (unpaired) electrons. The van der Waals surface area contributed by atoms with Crippen LogP contribution in [0.15, 0.2) is 22.7 Å². The summed E-state index contributed by atoms with van der Waals surface area (Å²) in [5.74, 6) is 1.42. The van der Waals surface area contributed by atoms with E-state index in [2.05, 4.69) is 16.5 Å². The summed E-state index contributed by atoms with van der Waals surface area (Å²) in [6, 6.07) is 7.50. The van der Waals surface area contributed by atoms with Crippen LogP contribution in [-0.2, 0) is 6.54 Å². The Morgan fingerprint density at radius 2 is 2.21 bits per heavy atom. The van der Waals surface area contributed by atoms with E-state index in [0.29, 0.717) is 23.5 Å². The number of hydrogen-bond acceptors (Lipinski definition) is 5. The van der Waals surface area contributed by atoms with Gasteiger partial charge in [-0.3, -0.25) is 0 Å². The van der Waals surface area contributed by atoms with E-state index < -0.39 is 0 Å². The number of aromatic nitrogens is 1. The number of hydrogen-bond donors (Lipinski definition) is 1. The van der Waals surface area contributed by atoms with E-state index in [1.807, 2.05) is 19.9 Å². The zero-order valence-corrected chi connectivity index (χ0v) is 11.2. The van der Waals surface area contributed by atoms with Gasteiger partial charge in [-0.15, -0.1) is 0 Å². The van der Waals surface area contributed by atoms with Crippen LogP contribution in [-0.4, -0.2) is 12.3 Å². The molecule has 0 bridgehead atoms. The first-order chi connectivity index (χ1) is 9.17. The minimum atomic E-state index is 0.538. The monoisotopic (exact) mass is 257 g/mol. The second kappa shape index (κ2) is 5.44. The van der Waals surface area contributed by atoms with Crippen LogP contribution >= 0.6 is 0 Å². The van der Waals surface area contributed by atoms with E-state index in [1.54, 1.807) is 19.2 Å². The van der Waals surface area contributed by atoms with Gasteiger partial charge < -0.3 is 14.6 Å². The zero-order chi connectivity index (χ0) is 13.8. The molecule has 0 aliphatic heterocycles. The number of aryl methyl sites for hydroxylation is 2. The Hall–Kier alpha value is -2.48. The number of benzene rings is 1. The lowest BCUT2D eigenvalue weighted by molar-refractivity contribution is 0.392. The molecule has 0 aliphatic rings. The molecular formula is C14H15N3O2. The number of anilines is 1. The van der Waals surface area contributed by atoms with Crippen molar-refractivity contribution in [3.05, 3.63) is 40.8 Å². The topological polar surface area (TPSA) is 71.1 Å². The van der Waals surface area contributed by atoms with Gasteiger partial charge in [-0.1, -0.05) is 11.2 Å². The number of para-hydroxylation sites is 1. The van der Waals surface area contributed by atoms with E-state index in [1.165, 1.54) is 0 Å². The van der Waals surface area contributed by atoms with E-state index in [4.69, 9.17) is 14.5 Å². The molecule has 2 aromatic rings. The van der Waals surface area contributed by atoms with E-state index in [9.17, 15) is 0 Å². The Morgan fingerprint density at radius 3 is 2.79 bits per heavy atom. The lowest BCUT2D eigenvalue weighted by atomic mass is 10.1. The predicted octanol–water partition coefficient (Wildman–Crippen LogP) is 2.78. The standard InChI is InChI=1S/C14H15N3O2/c1-9-12(10(2)19-17-9)8-16-14-11(7-15)5-4-6-13(14)18-3/h4-6,16H,8H2,1-3H3. The van der Waals surface area contributed by atoms with Gasteiger partial charge in [-0.25, -0.2) is 0 Å². The largest absolute Gasteiger partial charge is 0.495 e. The maximum atomic E-state index is 9.13. The number of rotatable bonds is 4. The number of nitrogens with zero attached hydrogens (tertiary/aromatic N) is 2. The smallest absolute Gasteiger partial charge is 0.143 e. The van der Waals surface area contributed by atoms with Crippen LogP contribution in [0.1, 0.15) is 22.6 Å². The molecule has 2 rings (SSSR count). The number of ether oxygens (including phenoxy) is 1. The average molecular weight is 257 g/mol. The lowest BCUT2D eigenvalue weighted by Crippen LogP contribution is -2.04. The maximum Gasteiger partial charge on any atom is 0.143 e. The zero-order valence-electron chi connectivity index (χ0n) is 11.2. The first-order valence-electron chi connectivity index (χ1n) is 5.90. The first kappa shape index (κ1) is 13.0. The second-order valence-corrected chi connectivity index (χ2v) is 4.15.